The molecule has 3 aromatic rings. The van der Waals surface area contributed by atoms with E-state index in [2.05, 4.69) is 25.8 Å². The topological polar surface area (TPSA) is 84.6 Å². The van der Waals surface area contributed by atoms with Gasteiger partial charge in [-0.2, -0.15) is 4.98 Å². The number of nitrogens with one attached hydrogen (secondary N) is 2. The average molecular weight is 400 g/mol. The minimum Gasteiger partial charge on any atom is -0.492 e. The van der Waals surface area contributed by atoms with Crippen LogP contribution in [0, 0.1) is 0 Å². The molecule has 1 heterocycles. The summed E-state index contributed by atoms with van der Waals surface area (Å²) in [5.41, 5.74) is 0.864. The molecule has 7 nitrogen and oxygen atoms in total. The molecule has 0 atom stereocenters. The lowest BCUT2D eigenvalue weighted by Gasteiger charge is -2.11. The predicted octanol–water partition coefficient (Wildman–Crippen LogP) is 3.18. The van der Waals surface area contributed by atoms with Crippen molar-refractivity contribution in [2.75, 3.05) is 26.7 Å². The highest BCUT2D eigenvalue weighted by molar-refractivity contribution is 6.30. The number of benzene rings is 2. The van der Waals surface area contributed by atoms with Crippen LogP contribution in [0.4, 0.5) is 0 Å². The molecule has 2 N–H and O–H groups in total. The lowest BCUT2D eigenvalue weighted by Crippen LogP contribution is -2.40. The van der Waals surface area contributed by atoms with E-state index >= 15 is 0 Å². The monoisotopic (exact) mass is 399 g/mol. The third-order valence-electron chi connectivity index (χ3n) is 3.83. The standard InChI is InChI=1S/C20H22ClN5O2/c1-22-20(24-13-14-27-17-5-3-2-4-6-17)23-12-11-18-25-19(26-28-18)15-7-9-16(21)10-8-15/h2-10H,11-14H2,1H3,(H2,22,23,24). The summed E-state index contributed by atoms with van der Waals surface area (Å²) in [5, 5.41) is 11.1. The molecule has 0 saturated carbocycles. The number of ether oxygens (including phenoxy) is 1. The van der Waals surface area contributed by atoms with E-state index in [1.165, 1.54) is 0 Å². The number of halogens is 1. The normalized spacial score (nSPS) is 11.3. The van der Waals surface area contributed by atoms with Gasteiger partial charge in [-0.1, -0.05) is 35.0 Å². The van der Waals surface area contributed by atoms with Crippen molar-refractivity contribution in [1.29, 1.82) is 0 Å². The zero-order valence-electron chi connectivity index (χ0n) is 15.6. The van der Waals surface area contributed by atoms with Crippen LogP contribution >= 0.6 is 11.6 Å². The Morgan fingerprint density at radius 3 is 2.57 bits per heavy atom. The molecule has 146 valence electrons. The molecule has 0 fully saturated rings. The van der Waals surface area contributed by atoms with Gasteiger partial charge >= 0.3 is 0 Å². The van der Waals surface area contributed by atoms with E-state index in [9.17, 15) is 0 Å². The highest BCUT2D eigenvalue weighted by atomic mass is 35.5. The summed E-state index contributed by atoms with van der Waals surface area (Å²) in [6.45, 7) is 1.79. The summed E-state index contributed by atoms with van der Waals surface area (Å²) < 4.78 is 10.9. The van der Waals surface area contributed by atoms with Gasteiger partial charge in [0.15, 0.2) is 5.96 Å². The molecule has 0 aliphatic heterocycles. The minimum absolute atomic E-state index is 0.541. The van der Waals surface area contributed by atoms with E-state index in [1.54, 1.807) is 19.2 Å². The van der Waals surface area contributed by atoms with Gasteiger partial charge in [0.05, 0.1) is 6.54 Å². The molecular weight excluding hydrogens is 378 g/mol. The Kier molecular flexibility index (Phi) is 7.26. The van der Waals surface area contributed by atoms with Gasteiger partial charge in [-0.3, -0.25) is 4.99 Å². The van der Waals surface area contributed by atoms with Crippen molar-refractivity contribution in [2.45, 2.75) is 6.42 Å². The number of hydrogen-bond acceptors (Lipinski definition) is 5. The maximum absolute atomic E-state index is 5.90. The summed E-state index contributed by atoms with van der Waals surface area (Å²) >= 11 is 5.90. The Morgan fingerprint density at radius 1 is 1.07 bits per heavy atom. The van der Waals surface area contributed by atoms with Gasteiger partial charge < -0.3 is 19.9 Å². The minimum atomic E-state index is 0.541. The van der Waals surface area contributed by atoms with Crippen molar-refractivity contribution in [2.24, 2.45) is 4.99 Å². The second-order valence-electron chi connectivity index (χ2n) is 5.86. The molecule has 28 heavy (non-hydrogen) atoms. The van der Waals surface area contributed by atoms with Crippen molar-refractivity contribution in [3.05, 3.63) is 65.5 Å². The van der Waals surface area contributed by atoms with Crippen LogP contribution in [0.2, 0.25) is 5.02 Å². The fourth-order valence-electron chi connectivity index (χ4n) is 2.44. The van der Waals surface area contributed by atoms with Gasteiger partial charge in [-0.05, 0) is 36.4 Å². The summed E-state index contributed by atoms with van der Waals surface area (Å²) in [6, 6.07) is 17.0. The highest BCUT2D eigenvalue weighted by Gasteiger charge is 2.08. The first-order chi connectivity index (χ1) is 13.7. The molecule has 0 amide bonds. The van der Waals surface area contributed by atoms with Crippen LogP contribution in [-0.2, 0) is 6.42 Å². The zero-order valence-corrected chi connectivity index (χ0v) is 16.3. The molecule has 8 heteroatoms. The van der Waals surface area contributed by atoms with E-state index in [4.69, 9.17) is 20.9 Å². The van der Waals surface area contributed by atoms with Crippen LogP contribution < -0.4 is 15.4 Å². The van der Waals surface area contributed by atoms with Gasteiger partial charge in [0.2, 0.25) is 11.7 Å². The average Bonchev–Trinajstić information content (AvgIpc) is 3.20. The van der Waals surface area contributed by atoms with Gasteiger partial charge in [-0.15, -0.1) is 0 Å². The van der Waals surface area contributed by atoms with E-state index in [0.717, 1.165) is 11.3 Å². The third-order valence-corrected chi connectivity index (χ3v) is 4.08. The first kappa shape index (κ1) is 19.7. The number of hydrogen-bond donors (Lipinski definition) is 2. The first-order valence-corrected chi connectivity index (χ1v) is 9.33. The van der Waals surface area contributed by atoms with Gasteiger partial charge in [0.1, 0.15) is 12.4 Å². The van der Waals surface area contributed by atoms with Gasteiger partial charge in [0, 0.05) is 30.6 Å². The summed E-state index contributed by atoms with van der Waals surface area (Å²) in [7, 11) is 1.72. The van der Waals surface area contributed by atoms with Crippen molar-refractivity contribution in [1.82, 2.24) is 20.8 Å². The van der Waals surface area contributed by atoms with Crippen molar-refractivity contribution < 1.29 is 9.26 Å². The summed E-state index contributed by atoms with van der Waals surface area (Å²) in [5.74, 6) is 2.64. The van der Waals surface area contributed by atoms with E-state index in [-0.39, 0.29) is 0 Å². The number of para-hydroxylation sites is 1. The maximum Gasteiger partial charge on any atom is 0.228 e. The highest BCUT2D eigenvalue weighted by Crippen LogP contribution is 2.18. The zero-order chi connectivity index (χ0) is 19.6. The van der Waals surface area contributed by atoms with Crippen molar-refractivity contribution in [3.63, 3.8) is 0 Å². The lowest BCUT2D eigenvalue weighted by molar-refractivity contribution is 0.322. The molecule has 0 radical (unpaired) electrons. The van der Waals surface area contributed by atoms with E-state index in [1.807, 2.05) is 42.5 Å². The van der Waals surface area contributed by atoms with Crippen LogP contribution in [0.5, 0.6) is 5.75 Å². The summed E-state index contributed by atoms with van der Waals surface area (Å²) in [4.78, 5) is 8.59. The molecule has 0 aliphatic rings. The molecule has 1 aromatic heterocycles. The van der Waals surface area contributed by atoms with Gasteiger partial charge in [-0.25, -0.2) is 0 Å². The maximum atomic E-state index is 5.90. The molecule has 0 saturated heterocycles. The predicted molar refractivity (Wildman–Crippen MR) is 110 cm³/mol. The Hall–Kier alpha value is -3.06. The Morgan fingerprint density at radius 2 is 1.82 bits per heavy atom. The number of guanidine groups is 1. The molecule has 0 bridgehead atoms. The SMILES string of the molecule is CN=C(NCCOc1ccccc1)NCCc1nc(-c2ccc(Cl)cc2)no1. The molecule has 0 unspecified atom stereocenters. The Labute approximate surface area is 168 Å². The largest absolute Gasteiger partial charge is 0.492 e. The Balaban J connectivity index is 1.38. The number of aliphatic imine (C=N–C) groups is 1. The van der Waals surface area contributed by atoms with Crippen molar-refractivity contribution >= 4 is 17.6 Å². The van der Waals surface area contributed by atoms with E-state index < -0.39 is 0 Å². The first-order valence-electron chi connectivity index (χ1n) is 8.95. The number of rotatable bonds is 8. The molecule has 0 aliphatic carbocycles. The molecule has 0 spiro atoms. The van der Waals surface area contributed by atoms with Crippen LogP contribution in [0.15, 0.2) is 64.1 Å². The number of nitrogens with zero attached hydrogens (tertiary/aromatic N) is 3. The molecular formula is C20H22ClN5O2. The molecule has 2 aromatic carbocycles. The smallest absolute Gasteiger partial charge is 0.228 e. The second kappa shape index (κ2) is 10.3. The number of aromatic nitrogens is 2. The second-order valence-corrected chi connectivity index (χ2v) is 6.29. The van der Waals surface area contributed by atoms with Crippen LogP contribution in [0.3, 0.4) is 0 Å². The van der Waals surface area contributed by atoms with E-state index in [0.29, 0.717) is 48.8 Å². The fraction of sp³-hybridized carbons (Fsp3) is 0.250. The molecule has 3 rings (SSSR count). The summed E-state index contributed by atoms with van der Waals surface area (Å²) in [6.07, 6.45) is 0.585. The van der Waals surface area contributed by atoms with Crippen LogP contribution in [0.1, 0.15) is 5.89 Å². The van der Waals surface area contributed by atoms with Crippen LogP contribution in [-0.4, -0.2) is 42.8 Å². The lowest BCUT2D eigenvalue weighted by atomic mass is 10.2. The fourth-order valence-corrected chi connectivity index (χ4v) is 2.56. The third kappa shape index (κ3) is 5.99. The van der Waals surface area contributed by atoms with Crippen molar-refractivity contribution in [3.8, 4) is 17.1 Å². The van der Waals surface area contributed by atoms with Gasteiger partial charge in [0.25, 0.3) is 0 Å². The Bertz CT molecular complexity index is 881. The van der Waals surface area contributed by atoms with Crippen LogP contribution in [0.25, 0.3) is 11.4 Å². The quantitative estimate of drug-likeness (QED) is 0.344.